The molecule has 0 aliphatic carbocycles. The van der Waals surface area contributed by atoms with Gasteiger partial charge in [-0.2, -0.15) is 0 Å². The minimum atomic E-state index is -0.707. The summed E-state index contributed by atoms with van der Waals surface area (Å²) in [6.45, 7) is 9.37. The molecule has 1 aromatic heterocycles. The SMILES string of the molecule is Cc1cc(OC(=O)C2CCCN2C(=O)OC(C)(C)C)c2c(C)cc(=O)oc2c1. The fourth-order valence-electron chi connectivity index (χ4n) is 3.38. The molecule has 1 saturated heterocycles. The van der Waals surface area contributed by atoms with Crippen LogP contribution in [0.15, 0.2) is 27.4 Å². The molecule has 7 nitrogen and oxygen atoms in total. The molecule has 1 unspecified atom stereocenters. The molecule has 1 amide bonds. The topological polar surface area (TPSA) is 86.0 Å². The van der Waals surface area contributed by atoms with Gasteiger partial charge in [-0.1, -0.05) is 0 Å². The maximum Gasteiger partial charge on any atom is 0.411 e. The van der Waals surface area contributed by atoms with Crippen molar-refractivity contribution in [1.82, 2.24) is 4.90 Å². The minimum absolute atomic E-state index is 0.317. The van der Waals surface area contributed by atoms with Crippen molar-refractivity contribution < 1.29 is 23.5 Å². The van der Waals surface area contributed by atoms with Crippen LogP contribution in [0.3, 0.4) is 0 Å². The number of carbonyl (C=O) groups is 2. The molecule has 1 atom stereocenters. The van der Waals surface area contributed by atoms with Crippen LogP contribution in [0.1, 0.15) is 44.7 Å². The zero-order valence-corrected chi connectivity index (χ0v) is 16.8. The van der Waals surface area contributed by atoms with E-state index in [2.05, 4.69) is 0 Å². The van der Waals surface area contributed by atoms with Crippen LogP contribution in [-0.4, -0.2) is 35.2 Å². The number of amides is 1. The van der Waals surface area contributed by atoms with Gasteiger partial charge in [-0.05, 0) is 70.7 Å². The molecule has 1 aliphatic heterocycles. The Morgan fingerprint density at radius 3 is 2.57 bits per heavy atom. The van der Waals surface area contributed by atoms with Crippen LogP contribution in [0.25, 0.3) is 11.0 Å². The standard InChI is InChI=1S/C21H25NO6/c1-12-9-15-18(13(2)11-17(23)26-15)16(10-12)27-19(24)14-7-6-8-22(14)20(25)28-21(3,4)5/h9-11,14H,6-8H2,1-5H3. The Bertz CT molecular complexity index is 985. The molecule has 1 aromatic carbocycles. The van der Waals surface area contributed by atoms with Crippen LogP contribution in [0.4, 0.5) is 4.79 Å². The maximum absolute atomic E-state index is 12.9. The van der Waals surface area contributed by atoms with Crippen molar-refractivity contribution in [2.24, 2.45) is 0 Å². The summed E-state index contributed by atoms with van der Waals surface area (Å²) >= 11 is 0. The average Bonchev–Trinajstić information content (AvgIpc) is 3.01. The summed E-state index contributed by atoms with van der Waals surface area (Å²) in [7, 11) is 0. The van der Waals surface area contributed by atoms with Crippen molar-refractivity contribution in [2.45, 2.75) is 59.1 Å². The van der Waals surface area contributed by atoms with Crippen LogP contribution in [0, 0.1) is 13.8 Å². The van der Waals surface area contributed by atoms with Gasteiger partial charge in [0.15, 0.2) is 0 Å². The number of nitrogens with zero attached hydrogens (tertiary/aromatic N) is 1. The summed E-state index contributed by atoms with van der Waals surface area (Å²) in [6.07, 6.45) is 0.681. The second-order valence-electron chi connectivity index (χ2n) is 8.14. The normalized spacial score (nSPS) is 17.0. The van der Waals surface area contributed by atoms with Crippen molar-refractivity contribution in [2.75, 3.05) is 6.54 Å². The monoisotopic (exact) mass is 387 g/mol. The lowest BCUT2D eigenvalue weighted by atomic mass is 10.1. The number of aryl methyl sites for hydroxylation is 2. The lowest BCUT2D eigenvalue weighted by molar-refractivity contribution is -0.139. The highest BCUT2D eigenvalue weighted by Crippen LogP contribution is 2.31. The lowest BCUT2D eigenvalue weighted by Gasteiger charge is -2.27. The predicted molar refractivity (Wildman–Crippen MR) is 104 cm³/mol. The Hall–Kier alpha value is -2.83. The van der Waals surface area contributed by atoms with E-state index in [-0.39, 0.29) is 0 Å². The molecule has 150 valence electrons. The largest absolute Gasteiger partial charge is 0.444 e. The number of rotatable bonds is 2. The summed E-state index contributed by atoms with van der Waals surface area (Å²) in [5, 5.41) is 0.570. The van der Waals surface area contributed by atoms with Gasteiger partial charge in [-0.25, -0.2) is 14.4 Å². The van der Waals surface area contributed by atoms with Crippen LogP contribution in [0.2, 0.25) is 0 Å². The molecule has 0 bridgehead atoms. The van der Waals surface area contributed by atoms with Crippen molar-refractivity contribution in [3.63, 3.8) is 0 Å². The van der Waals surface area contributed by atoms with E-state index in [4.69, 9.17) is 13.9 Å². The van der Waals surface area contributed by atoms with E-state index < -0.39 is 29.3 Å². The van der Waals surface area contributed by atoms with Crippen LogP contribution < -0.4 is 10.4 Å². The fourth-order valence-corrected chi connectivity index (χ4v) is 3.38. The minimum Gasteiger partial charge on any atom is -0.444 e. The molecule has 1 aliphatic rings. The van der Waals surface area contributed by atoms with Gasteiger partial charge in [0.1, 0.15) is 23.0 Å². The van der Waals surface area contributed by atoms with E-state index in [1.165, 1.54) is 11.0 Å². The summed E-state index contributed by atoms with van der Waals surface area (Å²) < 4.78 is 16.3. The molecule has 0 saturated carbocycles. The van der Waals surface area contributed by atoms with E-state index in [1.807, 2.05) is 6.92 Å². The highest BCUT2D eigenvalue weighted by atomic mass is 16.6. The number of esters is 1. The molecule has 3 rings (SSSR count). The third-order valence-electron chi connectivity index (χ3n) is 4.51. The first-order valence-corrected chi connectivity index (χ1v) is 9.31. The van der Waals surface area contributed by atoms with Crippen LogP contribution in [-0.2, 0) is 9.53 Å². The Kier molecular flexibility index (Phi) is 5.19. The van der Waals surface area contributed by atoms with Gasteiger partial charge in [0, 0.05) is 12.6 Å². The van der Waals surface area contributed by atoms with Gasteiger partial charge < -0.3 is 13.9 Å². The number of fused-ring (bicyclic) bond motifs is 1. The van der Waals surface area contributed by atoms with E-state index in [0.29, 0.717) is 41.7 Å². The van der Waals surface area contributed by atoms with Gasteiger partial charge in [0.05, 0.1) is 5.39 Å². The van der Waals surface area contributed by atoms with Crippen molar-refractivity contribution >= 4 is 23.0 Å². The summed E-state index contributed by atoms with van der Waals surface area (Å²) in [4.78, 5) is 38.4. The van der Waals surface area contributed by atoms with Gasteiger partial charge in [0.2, 0.25) is 0 Å². The first-order chi connectivity index (χ1) is 13.0. The van der Waals surface area contributed by atoms with E-state index >= 15 is 0 Å². The zero-order valence-electron chi connectivity index (χ0n) is 16.8. The predicted octanol–water partition coefficient (Wildman–Crippen LogP) is 3.71. The second-order valence-corrected chi connectivity index (χ2v) is 8.14. The Balaban J connectivity index is 1.88. The van der Waals surface area contributed by atoms with Crippen molar-refractivity contribution in [3.8, 4) is 5.75 Å². The Morgan fingerprint density at radius 2 is 1.89 bits per heavy atom. The summed E-state index contributed by atoms with van der Waals surface area (Å²) in [5.74, 6) is -0.210. The first-order valence-electron chi connectivity index (χ1n) is 9.31. The van der Waals surface area contributed by atoms with E-state index in [9.17, 15) is 14.4 Å². The number of hydrogen-bond donors (Lipinski definition) is 0. The van der Waals surface area contributed by atoms with Gasteiger partial charge in [-0.3, -0.25) is 4.90 Å². The maximum atomic E-state index is 12.9. The first kappa shape index (κ1) is 19.9. The van der Waals surface area contributed by atoms with Gasteiger partial charge >= 0.3 is 17.7 Å². The highest BCUT2D eigenvalue weighted by molar-refractivity contribution is 5.91. The molecule has 0 radical (unpaired) electrons. The Morgan fingerprint density at radius 1 is 1.18 bits per heavy atom. The number of hydrogen-bond acceptors (Lipinski definition) is 6. The average molecular weight is 387 g/mol. The third-order valence-corrected chi connectivity index (χ3v) is 4.51. The summed E-state index contributed by atoms with van der Waals surface area (Å²) in [5.41, 5.74) is 0.710. The zero-order chi connectivity index (χ0) is 20.6. The van der Waals surface area contributed by atoms with Crippen LogP contribution >= 0.6 is 0 Å². The second kappa shape index (κ2) is 7.30. The molecule has 1 fully saturated rings. The third kappa shape index (κ3) is 4.18. The number of carbonyl (C=O) groups excluding carboxylic acids is 2. The highest BCUT2D eigenvalue weighted by Gasteiger charge is 2.38. The summed E-state index contributed by atoms with van der Waals surface area (Å²) in [6, 6.07) is 4.10. The number of benzene rings is 1. The van der Waals surface area contributed by atoms with Gasteiger partial charge in [-0.15, -0.1) is 0 Å². The molecule has 2 heterocycles. The van der Waals surface area contributed by atoms with Crippen molar-refractivity contribution in [1.29, 1.82) is 0 Å². The van der Waals surface area contributed by atoms with Crippen molar-refractivity contribution in [3.05, 3.63) is 39.7 Å². The van der Waals surface area contributed by atoms with E-state index in [1.54, 1.807) is 39.8 Å². The molecule has 0 spiro atoms. The smallest absolute Gasteiger partial charge is 0.411 e. The molecule has 2 aromatic rings. The molecular weight excluding hydrogens is 362 g/mol. The quantitative estimate of drug-likeness (QED) is 0.444. The number of ether oxygens (including phenoxy) is 2. The molecule has 0 N–H and O–H groups in total. The number of likely N-dealkylation sites (tertiary alicyclic amines) is 1. The lowest BCUT2D eigenvalue weighted by Crippen LogP contribution is -2.44. The van der Waals surface area contributed by atoms with Crippen LogP contribution in [0.5, 0.6) is 5.75 Å². The van der Waals surface area contributed by atoms with E-state index in [0.717, 1.165) is 5.56 Å². The van der Waals surface area contributed by atoms with Gasteiger partial charge in [0.25, 0.3) is 0 Å². The fraction of sp³-hybridized carbons (Fsp3) is 0.476. The molecule has 7 heteroatoms. The Labute approximate surface area is 163 Å². The molecular formula is C21H25NO6. The molecule has 28 heavy (non-hydrogen) atoms.